The van der Waals surface area contributed by atoms with Gasteiger partial charge >= 0.3 is 0 Å². The van der Waals surface area contributed by atoms with E-state index in [4.69, 9.17) is 0 Å². The number of carbonyl (C=O) groups excluding carboxylic acids is 3. The fraction of sp³-hybridized carbons (Fsp3) is 0.379. The third-order valence-corrected chi connectivity index (χ3v) is 8.41. The quantitative estimate of drug-likeness (QED) is 0.469. The number of β-amino-alcohol motifs (C(OH)–C–C–N with tert-alkyl or cyclic N) is 1. The van der Waals surface area contributed by atoms with Crippen LogP contribution in [0.25, 0.3) is 10.4 Å². The Morgan fingerprint density at radius 1 is 1.21 bits per heavy atom. The maximum absolute atomic E-state index is 14.4. The topological polar surface area (TPSA) is 103 Å². The van der Waals surface area contributed by atoms with Crippen LogP contribution in [0, 0.1) is 18.7 Å². The third-order valence-electron chi connectivity index (χ3n) is 7.43. The van der Waals surface area contributed by atoms with Crippen LogP contribution in [0.5, 0.6) is 0 Å². The normalized spacial score (nSPS) is 19.5. The molecule has 1 aromatic heterocycles. The highest BCUT2D eigenvalue weighted by Gasteiger charge is 2.46. The minimum Gasteiger partial charge on any atom is -0.391 e. The number of rotatable bonds is 7. The van der Waals surface area contributed by atoms with E-state index < -0.39 is 35.8 Å². The molecule has 1 saturated heterocycles. The Morgan fingerprint density at radius 3 is 2.59 bits per heavy atom. The van der Waals surface area contributed by atoms with Crippen LogP contribution in [0.1, 0.15) is 47.4 Å². The Balaban J connectivity index is 1.28. The fourth-order valence-electron chi connectivity index (χ4n) is 5.48. The van der Waals surface area contributed by atoms with Gasteiger partial charge in [0, 0.05) is 26.1 Å². The summed E-state index contributed by atoms with van der Waals surface area (Å²) in [5.74, 6) is -2.23. The fourth-order valence-corrected chi connectivity index (χ4v) is 6.29. The van der Waals surface area contributed by atoms with Gasteiger partial charge in [0.05, 0.1) is 27.7 Å². The molecule has 2 aliphatic rings. The molecular formula is C29H31FN4O4S. The number of hydrogen-bond acceptors (Lipinski definition) is 6. The first-order chi connectivity index (χ1) is 18.7. The molecule has 5 rings (SSSR count). The van der Waals surface area contributed by atoms with Crippen molar-refractivity contribution in [1.82, 2.24) is 20.1 Å². The van der Waals surface area contributed by atoms with E-state index in [0.717, 1.165) is 21.7 Å². The van der Waals surface area contributed by atoms with Gasteiger partial charge in [0.25, 0.3) is 5.91 Å². The Hall–Kier alpha value is -3.63. The molecule has 0 radical (unpaired) electrons. The predicted octanol–water partition coefficient (Wildman–Crippen LogP) is 3.52. The molecule has 2 aromatic carbocycles. The lowest BCUT2D eigenvalue weighted by Crippen LogP contribution is -2.55. The van der Waals surface area contributed by atoms with Crippen LogP contribution in [0.4, 0.5) is 4.39 Å². The SMILES string of the molecule is Cc1ncsc1-c1ccc(CNC(=O)[C@@H]2C[C@@H](O)CN2C(=O)C(C(C)C)N2Cc3cccc(F)c3C2=O)cc1. The lowest BCUT2D eigenvalue weighted by molar-refractivity contribution is -0.143. The van der Waals surface area contributed by atoms with Crippen molar-refractivity contribution in [3.63, 3.8) is 0 Å². The summed E-state index contributed by atoms with van der Waals surface area (Å²) in [6, 6.07) is 10.5. The summed E-state index contributed by atoms with van der Waals surface area (Å²) < 4.78 is 14.4. The number of aryl methyl sites for hydroxylation is 1. The van der Waals surface area contributed by atoms with Gasteiger partial charge in [-0.2, -0.15) is 0 Å². The van der Waals surface area contributed by atoms with Gasteiger partial charge in [-0.1, -0.05) is 50.2 Å². The van der Waals surface area contributed by atoms with E-state index >= 15 is 0 Å². The van der Waals surface area contributed by atoms with Crippen molar-refractivity contribution in [3.8, 4) is 10.4 Å². The van der Waals surface area contributed by atoms with Gasteiger partial charge in [-0.3, -0.25) is 14.4 Å². The van der Waals surface area contributed by atoms with E-state index in [2.05, 4.69) is 10.3 Å². The smallest absolute Gasteiger partial charge is 0.258 e. The van der Waals surface area contributed by atoms with Crippen molar-refractivity contribution < 1.29 is 23.9 Å². The van der Waals surface area contributed by atoms with Crippen molar-refractivity contribution in [2.75, 3.05) is 6.54 Å². The number of nitrogens with zero attached hydrogens (tertiary/aromatic N) is 3. The Bertz CT molecular complexity index is 1410. The molecule has 0 spiro atoms. The van der Waals surface area contributed by atoms with Crippen LogP contribution >= 0.6 is 11.3 Å². The van der Waals surface area contributed by atoms with E-state index in [0.29, 0.717) is 5.56 Å². The van der Waals surface area contributed by atoms with E-state index in [1.165, 1.54) is 15.9 Å². The Kier molecular flexibility index (Phi) is 7.51. The highest BCUT2D eigenvalue weighted by molar-refractivity contribution is 7.13. The molecule has 39 heavy (non-hydrogen) atoms. The number of amides is 3. The van der Waals surface area contributed by atoms with Crippen LogP contribution in [0.2, 0.25) is 0 Å². The van der Waals surface area contributed by atoms with Crippen LogP contribution < -0.4 is 5.32 Å². The molecule has 10 heteroatoms. The molecule has 0 bridgehead atoms. The minimum absolute atomic E-state index is 0.00756. The Labute approximate surface area is 230 Å². The van der Waals surface area contributed by atoms with Gasteiger partial charge in [0.2, 0.25) is 11.8 Å². The van der Waals surface area contributed by atoms with Gasteiger partial charge in [-0.25, -0.2) is 9.37 Å². The number of halogens is 1. The standard InChI is InChI=1S/C29H31FN4O4S/c1-16(2)25(34-13-20-5-4-6-22(30)24(20)28(34)37)29(38)33-14-21(35)11-23(33)27(36)31-12-18-7-9-19(10-8-18)26-17(3)32-15-39-26/h4-10,15-16,21,23,25,35H,11-14H2,1-3H3,(H,31,36)/t21-,23+,25?/m1/s1. The first-order valence-electron chi connectivity index (χ1n) is 13.0. The summed E-state index contributed by atoms with van der Waals surface area (Å²) >= 11 is 1.57. The van der Waals surface area contributed by atoms with Gasteiger partial charge in [-0.15, -0.1) is 11.3 Å². The lowest BCUT2D eigenvalue weighted by Gasteiger charge is -2.35. The number of aliphatic hydroxyl groups is 1. The van der Waals surface area contributed by atoms with Crippen LogP contribution in [-0.4, -0.2) is 62.3 Å². The molecular weight excluding hydrogens is 519 g/mol. The zero-order valence-corrected chi connectivity index (χ0v) is 22.9. The number of nitrogens with one attached hydrogen (secondary N) is 1. The monoisotopic (exact) mass is 550 g/mol. The zero-order valence-electron chi connectivity index (χ0n) is 22.1. The molecule has 0 aliphatic carbocycles. The maximum Gasteiger partial charge on any atom is 0.258 e. The average molecular weight is 551 g/mol. The molecule has 0 saturated carbocycles. The van der Waals surface area contributed by atoms with E-state index in [1.54, 1.807) is 23.5 Å². The average Bonchev–Trinajstić information content (AvgIpc) is 3.60. The molecule has 2 N–H and O–H groups in total. The number of aliphatic hydroxyl groups excluding tert-OH is 1. The number of aromatic nitrogens is 1. The van der Waals surface area contributed by atoms with Crippen molar-refractivity contribution in [3.05, 3.63) is 76.2 Å². The molecule has 3 aromatic rings. The summed E-state index contributed by atoms with van der Waals surface area (Å²) in [7, 11) is 0. The highest BCUT2D eigenvalue weighted by Crippen LogP contribution is 2.31. The second-order valence-electron chi connectivity index (χ2n) is 10.5. The zero-order chi connectivity index (χ0) is 27.8. The van der Waals surface area contributed by atoms with Crippen molar-refractivity contribution in [2.24, 2.45) is 5.92 Å². The molecule has 3 amide bonds. The molecule has 1 unspecified atom stereocenters. The van der Waals surface area contributed by atoms with Crippen LogP contribution in [0.3, 0.4) is 0 Å². The molecule has 3 atom stereocenters. The predicted molar refractivity (Wildman–Crippen MR) is 145 cm³/mol. The highest BCUT2D eigenvalue weighted by atomic mass is 32.1. The molecule has 8 nitrogen and oxygen atoms in total. The summed E-state index contributed by atoms with van der Waals surface area (Å²) in [4.78, 5) is 48.3. The number of fused-ring (bicyclic) bond motifs is 1. The molecule has 1 fully saturated rings. The summed E-state index contributed by atoms with van der Waals surface area (Å²) in [5, 5.41) is 13.3. The van der Waals surface area contributed by atoms with Gasteiger partial charge in [-0.05, 0) is 35.6 Å². The first kappa shape index (κ1) is 27.0. The largest absolute Gasteiger partial charge is 0.391 e. The first-order valence-corrected chi connectivity index (χ1v) is 13.9. The summed E-state index contributed by atoms with van der Waals surface area (Å²) in [6.07, 6.45) is -0.752. The number of carbonyl (C=O) groups is 3. The van der Waals surface area contributed by atoms with Crippen molar-refractivity contribution >= 4 is 29.1 Å². The van der Waals surface area contributed by atoms with Gasteiger partial charge < -0.3 is 20.2 Å². The third kappa shape index (κ3) is 5.18. The molecule has 3 heterocycles. The number of thiazole rings is 1. The van der Waals surface area contributed by atoms with Crippen LogP contribution in [0.15, 0.2) is 48.0 Å². The van der Waals surface area contributed by atoms with Gasteiger partial charge in [0.15, 0.2) is 0 Å². The Morgan fingerprint density at radius 2 is 1.95 bits per heavy atom. The van der Waals surface area contributed by atoms with Crippen LogP contribution in [-0.2, 0) is 22.7 Å². The summed E-state index contributed by atoms with van der Waals surface area (Å²) in [5.41, 5.74) is 5.25. The molecule has 2 aliphatic heterocycles. The number of likely N-dealkylation sites (tertiary alicyclic amines) is 1. The number of benzene rings is 2. The van der Waals surface area contributed by atoms with Gasteiger partial charge in [0.1, 0.15) is 17.9 Å². The summed E-state index contributed by atoms with van der Waals surface area (Å²) in [6.45, 7) is 5.96. The van der Waals surface area contributed by atoms with E-state index in [9.17, 15) is 23.9 Å². The second kappa shape index (κ2) is 10.9. The maximum atomic E-state index is 14.4. The second-order valence-corrected chi connectivity index (χ2v) is 11.3. The lowest BCUT2D eigenvalue weighted by atomic mass is 10.0. The minimum atomic E-state index is -0.896. The molecule has 204 valence electrons. The van der Waals surface area contributed by atoms with E-state index in [1.807, 2.05) is 50.5 Å². The van der Waals surface area contributed by atoms with E-state index in [-0.39, 0.29) is 43.4 Å². The van der Waals surface area contributed by atoms with Crippen molar-refractivity contribution in [1.29, 1.82) is 0 Å². The number of hydrogen-bond donors (Lipinski definition) is 2. The van der Waals surface area contributed by atoms with Crippen molar-refractivity contribution in [2.45, 2.75) is 58.5 Å².